The number of aromatic nitrogens is 1. The van der Waals surface area contributed by atoms with Crippen molar-refractivity contribution in [3.63, 3.8) is 0 Å². The molecule has 180 valence electrons. The van der Waals surface area contributed by atoms with Crippen LogP contribution in [0, 0.1) is 0 Å². The Morgan fingerprint density at radius 2 is 1.74 bits per heavy atom. The molecule has 7 nitrogen and oxygen atoms in total. The molecule has 1 atom stereocenters. The summed E-state index contributed by atoms with van der Waals surface area (Å²) in [6.45, 7) is 0.107. The minimum Gasteiger partial charge on any atom is -0.454 e. The van der Waals surface area contributed by atoms with Crippen molar-refractivity contribution in [2.45, 2.75) is 44.2 Å². The zero-order chi connectivity index (χ0) is 24.2. The highest BCUT2D eigenvalue weighted by Crippen LogP contribution is 2.39. The van der Waals surface area contributed by atoms with E-state index in [1.807, 2.05) is 0 Å². The summed E-state index contributed by atoms with van der Waals surface area (Å²) in [5.74, 6) is 0.460. The van der Waals surface area contributed by atoms with Gasteiger partial charge in [-0.2, -0.15) is 0 Å². The summed E-state index contributed by atoms with van der Waals surface area (Å²) in [4.78, 5) is 33.5. The molecule has 3 aromatic rings. The fourth-order valence-corrected chi connectivity index (χ4v) is 4.75. The van der Waals surface area contributed by atoms with Crippen LogP contribution in [0.15, 0.2) is 66.9 Å². The third-order valence-electron chi connectivity index (χ3n) is 6.38. The van der Waals surface area contributed by atoms with E-state index >= 15 is 0 Å². The lowest BCUT2D eigenvalue weighted by atomic mass is 9.94. The van der Waals surface area contributed by atoms with Gasteiger partial charge in [0, 0.05) is 29.0 Å². The summed E-state index contributed by atoms with van der Waals surface area (Å²) in [6, 6.07) is 16.5. The fourth-order valence-electron chi connectivity index (χ4n) is 4.62. The molecule has 0 bridgehead atoms. The smallest absolute Gasteiger partial charge is 0.277 e. The minimum atomic E-state index is -0.941. The number of benzene rings is 2. The van der Waals surface area contributed by atoms with Crippen molar-refractivity contribution in [1.82, 2.24) is 10.3 Å². The average molecular weight is 492 g/mol. The van der Waals surface area contributed by atoms with E-state index in [2.05, 4.69) is 10.3 Å². The third kappa shape index (κ3) is 5.10. The van der Waals surface area contributed by atoms with Gasteiger partial charge in [-0.15, -0.1) is 0 Å². The number of carbonyl (C=O) groups is 2. The number of anilines is 1. The van der Waals surface area contributed by atoms with Gasteiger partial charge in [0.1, 0.15) is 11.7 Å². The quantitative estimate of drug-likeness (QED) is 0.506. The number of hydrogen-bond donors (Lipinski definition) is 1. The van der Waals surface area contributed by atoms with Crippen LogP contribution in [-0.2, 0) is 4.79 Å². The van der Waals surface area contributed by atoms with Crippen LogP contribution in [0.1, 0.15) is 54.2 Å². The van der Waals surface area contributed by atoms with Gasteiger partial charge in [-0.25, -0.2) is 0 Å². The Morgan fingerprint density at radius 3 is 2.49 bits per heavy atom. The van der Waals surface area contributed by atoms with Crippen molar-refractivity contribution in [3.05, 3.63) is 83.1 Å². The highest BCUT2D eigenvalue weighted by Gasteiger charge is 2.36. The second kappa shape index (κ2) is 10.4. The largest absolute Gasteiger partial charge is 0.454 e. The van der Waals surface area contributed by atoms with Crippen LogP contribution in [-0.4, -0.2) is 29.6 Å². The summed E-state index contributed by atoms with van der Waals surface area (Å²) in [5, 5.41) is 3.75. The molecule has 2 heterocycles. The Balaban J connectivity index is 1.60. The summed E-state index contributed by atoms with van der Waals surface area (Å²) in [7, 11) is 0. The maximum Gasteiger partial charge on any atom is 0.277 e. The van der Waals surface area contributed by atoms with Gasteiger partial charge in [0.15, 0.2) is 11.5 Å². The average Bonchev–Trinajstić information content (AvgIpc) is 3.37. The monoisotopic (exact) mass is 491 g/mol. The number of carbonyl (C=O) groups excluding carboxylic acids is 2. The number of halogens is 1. The number of ether oxygens (including phenoxy) is 2. The van der Waals surface area contributed by atoms with Crippen molar-refractivity contribution in [3.8, 4) is 11.5 Å². The molecule has 1 aliphatic carbocycles. The Morgan fingerprint density at radius 1 is 0.971 bits per heavy atom. The molecule has 5 rings (SSSR count). The van der Waals surface area contributed by atoms with Crippen LogP contribution in [0.5, 0.6) is 11.5 Å². The molecule has 1 N–H and O–H groups in total. The summed E-state index contributed by atoms with van der Waals surface area (Å²) in [5.41, 5.74) is 1.38. The van der Waals surface area contributed by atoms with Crippen LogP contribution in [0.2, 0.25) is 5.02 Å². The van der Waals surface area contributed by atoms with Gasteiger partial charge in [-0.05, 0) is 54.8 Å². The van der Waals surface area contributed by atoms with Crippen LogP contribution in [0.4, 0.5) is 5.69 Å². The Hall–Kier alpha value is -3.58. The standard InChI is InChI=1S/C27H26ClN3O4/c28-19-11-9-18(10-12-19)25(26(32)30-20-6-2-1-3-7-20)31(27(33)22-8-4-5-15-29-22)21-13-14-23-24(16-21)35-17-34-23/h4-5,8-16,20,25H,1-3,6-7,17H2,(H,30,32)/t25-/m0/s1. The predicted molar refractivity (Wildman–Crippen MR) is 133 cm³/mol. The molecule has 2 aromatic carbocycles. The molecule has 0 spiro atoms. The van der Waals surface area contributed by atoms with Gasteiger partial charge in [-0.1, -0.05) is 49.1 Å². The Kier molecular flexibility index (Phi) is 6.86. The normalized spacial score (nSPS) is 15.9. The third-order valence-corrected chi connectivity index (χ3v) is 6.63. The maximum absolute atomic E-state index is 13.9. The van der Waals surface area contributed by atoms with Crippen LogP contribution >= 0.6 is 11.6 Å². The van der Waals surface area contributed by atoms with Gasteiger partial charge in [-0.3, -0.25) is 19.5 Å². The fraction of sp³-hybridized carbons (Fsp3) is 0.296. The Bertz CT molecular complexity index is 1200. The molecular formula is C27H26ClN3O4. The lowest BCUT2D eigenvalue weighted by Crippen LogP contribution is -2.47. The molecule has 1 aromatic heterocycles. The number of hydrogen-bond acceptors (Lipinski definition) is 5. The van der Waals surface area contributed by atoms with Crippen LogP contribution < -0.4 is 19.7 Å². The minimum absolute atomic E-state index is 0.0783. The van der Waals surface area contributed by atoms with E-state index in [1.165, 1.54) is 11.3 Å². The van der Waals surface area contributed by atoms with Gasteiger partial charge in [0.05, 0.1) is 0 Å². The zero-order valence-electron chi connectivity index (χ0n) is 19.2. The van der Waals surface area contributed by atoms with Crippen molar-refractivity contribution < 1.29 is 19.1 Å². The van der Waals surface area contributed by atoms with Gasteiger partial charge >= 0.3 is 0 Å². The number of pyridine rings is 1. The topological polar surface area (TPSA) is 80.8 Å². The number of nitrogens with one attached hydrogen (secondary N) is 1. The molecule has 0 radical (unpaired) electrons. The molecule has 2 aliphatic rings. The van der Waals surface area contributed by atoms with E-state index < -0.39 is 11.9 Å². The summed E-state index contributed by atoms with van der Waals surface area (Å²) >= 11 is 6.15. The first-order valence-corrected chi connectivity index (χ1v) is 12.2. The maximum atomic E-state index is 13.9. The van der Waals surface area contributed by atoms with Crippen molar-refractivity contribution in [2.75, 3.05) is 11.7 Å². The first-order chi connectivity index (χ1) is 17.1. The van der Waals surface area contributed by atoms with Gasteiger partial charge in [0.25, 0.3) is 5.91 Å². The van der Waals surface area contributed by atoms with E-state index in [-0.39, 0.29) is 24.4 Å². The first kappa shape index (κ1) is 23.2. The molecule has 1 aliphatic heterocycles. The van der Waals surface area contributed by atoms with Crippen LogP contribution in [0.3, 0.4) is 0 Å². The predicted octanol–water partition coefficient (Wildman–Crippen LogP) is 5.30. The molecule has 35 heavy (non-hydrogen) atoms. The lowest BCUT2D eigenvalue weighted by Gasteiger charge is -2.33. The first-order valence-electron chi connectivity index (χ1n) is 11.8. The SMILES string of the molecule is O=C(NC1CCCCC1)[C@H](c1ccc(Cl)cc1)N(C(=O)c1ccccn1)c1ccc2c(c1)OCO2. The highest BCUT2D eigenvalue weighted by atomic mass is 35.5. The van der Waals surface area contributed by atoms with E-state index in [4.69, 9.17) is 21.1 Å². The zero-order valence-corrected chi connectivity index (χ0v) is 19.9. The van der Waals surface area contributed by atoms with E-state index in [1.54, 1.807) is 66.9 Å². The number of fused-ring (bicyclic) bond motifs is 1. The van der Waals surface area contributed by atoms with E-state index in [0.29, 0.717) is 27.8 Å². The molecule has 0 unspecified atom stereocenters. The van der Waals surface area contributed by atoms with Gasteiger partial charge in [0.2, 0.25) is 12.7 Å². The number of amides is 2. The number of nitrogens with zero attached hydrogens (tertiary/aromatic N) is 2. The second-order valence-corrected chi connectivity index (χ2v) is 9.16. The lowest BCUT2D eigenvalue weighted by molar-refractivity contribution is -0.123. The van der Waals surface area contributed by atoms with Crippen LogP contribution in [0.25, 0.3) is 0 Å². The molecule has 1 saturated carbocycles. The molecule has 0 saturated heterocycles. The second-order valence-electron chi connectivity index (χ2n) is 8.73. The van der Waals surface area contributed by atoms with Crippen molar-refractivity contribution in [2.24, 2.45) is 0 Å². The summed E-state index contributed by atoms with van der Waals surface area (Å²) < 4.78 is 11.0. The van der Waals surface area contributed by atoms with E-state index in [9.17, 15) is 9.59 Å². The highest BCUT2D eigenvalue weighted by molar-refractivity contribution is 6.30. The van der Waals surface area contributed by atoms with Gasteiger partial charge < -0.3 is 14.8 Å². The number of rotatable bonds is 6. The van der Waals surface area contributed by atoms with Crippen molar-refractivity contribution >= 4 is 29.1 Å². The van der Waals surface area contributed by atoms with Crippen molar-refractivity contribution in [1.29, 1.82) is 0 Å². The molecule has 8 heteroatoms. The van der Waals surface area contributed by atoms with E-state index in [0.717, 1.165) is 25.7 Å². The summed E-state index contributed by atoms with van der Waals surface area (Å²) in [6.07, 6.45) is 6.75. The Labute approximate surface area is 209 Å². The molecule has 1 fully saturated rings. The molecule has 2 amide bonds. The molecular weight excluding hydrogens is 466 g/mol.